The fraction of sp³-hybridized carbons (Fsp3) is 0.750. The van der Waals surface area contributed by atoms with E-state index in [0.717, 1.165) is 46.6 Å². The van der Waals surface area contributed by atoms with Gasteiger partial charge in [0.2, 0.25) is 5.91 Å². The summed E-state index contributed by atoms with van der Waals surface area (Å²) in [6.45, 7) is 12.3. The van der Waals surface area contributed by atoms with Crippen LogP contribution in [0.25, 0.3) is 0 Å². The third kappa shape index (κ3) is 13.9. The van der Waals surface area contributed by atoms with Gasteiger partial charge in [-0.25, -0.2) is 9.59 Å². The third-order valence-electron chi connectivity index (χ3n) is 5.80. The van der Waals surface area contributed by atoms with E-state index in [0.29, 0.717) is 0 Å². The van der Waals surface area contributed by atoms with Crippen molar-refractivity contribution in [3.05, 3.63) is 0 Å². The van der Waals surface area contributed by atoms with E-state index in [9.17, 15) is 33.6 Å². The molecule has 1 rings (SSSR count). The summed E-state index contributed by atoms with van der Waals surface area (Å²) in [4.78, 5) is 86.0. The Kier molecular flexibility index (Phi) is 15.6. The first-order valence-electron chi connectivity index (χ1n) is 14.1. The minimum atomic E-state index is -1.41. The van der Waals surface area contributed by atoms with Crippen molar-refractivity contribution in [2.24, 2.45) is 5.92 Å². The van der Waals surface area contributed by atoms with E-state index in [-0.39, 0.29) is 5.75 Å². The monoisotopic (exact) mass is 664 g/mol. The van der Waals surface area contributed by atoms with Crippen LogP contribution < -0.4 is 10.6 Å². The van der Waals surface area contributed by atoms with Gasteiger partial charge in [-0.2, -0.15) is 0 Å². The van der Waals surface area contributed by atoms with E-state index in [2.05, 4.69) is 10.6 Å². The number of carbonyl (C=O) groups excluding carboxylic acids is 7. The lowest BCUT2D eigenvalue weighted by Gasteiger charge is -2.44. The highest BCUT2D eigenvalue weighted by Gasteiger charge is 2.52. The Morgan fingerprint density at radius 3 is 1.80 bits per heavy atom. The van der Waals surface area contributed by atoms with Gasteiger partial charge >= 0.3 is 35.9 Å². The number of hydrogen-bond donors (Lipinski definition) is 2. The van der Waals surface area contributed by atoms with Crippen molar-refractivity contribution in [1.29, 1.82) is 0 Å². The molecule has 0 saturated carbocycles. The molecule has 1 fully saturated rings. The fourth-order valence-electron chi connectivity index (χ4n) is 4.06. The van der Waals surface area contributed by atoms with Crippen molar-refractivity contribution < 1.29 is 66.7 Å². The number of thioether (sulfide) groups is 1. The second kappa shape index (κ2) is 17.8. The largest absolute Gasteiger partial charge is 0.467 e. The minimum Gasteiger partial charge on any atom is -0.467 e. The summed E-state index contributed by atoms with van der Waals surface area (Å²) >= 11 is 0.874. The first-order chi connectivity index (χ1) is 20.7. The molecule has 0 aromatic carbocycles. The minimum absolute atomic E-state index is 0.233. The van der Waals surface area contributed by atoms with Gasteiger partial charge in [-0.05, 0) is 26.7 Å². The number of amides is 2. The summed E-state index contributed by atoms with van der Waals surface area (Å²) in [5.74, 6) is -5.26. The van der Waals surface area contributed by atoms with Crippen LogP contribution in [0.1, 0.15) is 62.3 Å². The van der Waals surface area contributed by atoms with Crippen LogP contribution in [-0.4, -0.2) is 109 Å². The normalized spacial score (nSPS) is 22.6. The van der Waals surface area contributed by atoms with Crippen molar-refractivity contribution in [3.8, 4) is 0 Å². The molecule has 0 radical (unpaired) electrons. The van der Waals surface area contributed by atoms with Crippen LogP contribution in [0.5, 0.6) is 0 Å². The first-order valence-corrected chi connectivity index (χ1v) is 15.1. The Balaban J connectivity index is 3.35. The highest BCUT2D eigenvalue weighted by atomic mass is 32.2. The summed E-state index contributed by atoms with van der Waals surface area (Å²) in [5, 5.41) is 5.05. The first kappa shape index (κ1) is 39.4. The number of ether oxygens (including phenoxy) is 7. The molecule has 2 N–H and O–H groups in total. The van der Waals surface area contributed by atoms with Crippen molar-refractivity contribution in [3.63, 3.8) is 0 Å². The van der Waals surface area contributed by atoms with Crippen LogP contribution in [0.4, 0.5) is 4.79 Å². The van der Waals surface area contributed by atoms with Gasteiger partial charge in [0.25, 0.3) is 0 Å². The zero-order valence-corrected chi connectivity index (χ0v) is 28.0. The third-order valence-corrected chi connectivity index (χ3v) is 7.03. The summed E-state index contributed by atoms with van der Waals surface area (Å²) in [7, 11) is 1.11. The van der Waals surface area contributed by atoms with Crippen molar-refractivity contribution in [1.82, 2.24) is 10.6 Å². The van der Waals surface area contributed by atoms with Gasteiger partial charge < -0.3 is 43.8 Å². The predicted octanol–water partition coefficient (Wildman–Crippen LogP) is 1.01. The van der Waals surface area contributed by atoms with Gasteiger partial charge in [0.1, 0.15) is 35.8 Å². The lowest BCUT2D eigenvalue weighted by molar-refractivity contribution is -0.237. The molecule has 0 aromatic rings. The molecule has 1 saturated heterocycles. The van der Waals surface area contributed by atoms with Crippen LogP contribution in [0.3, 0.4) is 0 Å². The molecule has 45 heavy (non-hydrogen) atoms. The number of nitrogens with one attached hydrogen (secondary N) is 2. The SMILES string of the molecule is COC(=O)[C@H](CS[C@H]1O[C@H](COC(C)=O)[C@@H](OC(C)=O)[C@H](OC(C)=O)[C@H]1OC(C)=O)NC(=O)[C@@H](NC(=O)OC(C)(C)C)C(C)C. The maximum Gasteiger partial charge on any atom is 0.408 e. The maximum absolute atomic E-state index is 13.2. The van der Waals surface area contributed by atoms with E-state index < -0.39 is 102 Å². The number of alkyl carbamates (subject to hydrolysis) is 1. The van der Waals surface area contributed by atoms with Crippen molar-refractivity contribution >= 4 is 53.6 Å². The Morgan fingerprint density at radius 1 is 0.800 bits per heavy atom. The highest BCUT2D eigenvalue weighted by Crippen LogP contribution is 2.34. The van der Waals surface area contributed by atoms with Crippen LogP contribution in [0, 0.1) is 5.92 Å². The van der Waals surface area contributed by atoms with Gasteiger partial charge in [-0.3, -0.25) is 24.0 Å². The summed E-state index contributed by atoms with van der Waals surface area (Å²) in [6.07, 6.45) is -6.16. The van der Waals surface area contributed by atoms with Crippen LogP contribution in [0.15, 0.2) is 0 Å². The molecule has 0 aromatic heterocycles. The average Bonchev–Trinajstić information content (AvgIpc) is 2.88. The number of rotatable bonds is 13. The molecule has 0 spiro atoms. The quantitative estimate of drug-likeness (QED) is 0.208. The van der Waals surface area contributed by atoms with E-state index in [1.807, 2.05) is 0 Å². The Morgan fingerprint density at radius 2 is 1.33 bits per heavy atom. The van der Waals surface area contributed by atoms with Crippen molar-refractivity contribution in [2.45, 2.75) is 110 Å². The van der Waals surface area contributed by atoms with E-state index in [4.69, 9.17) is 33.2 Å². The smallest absolute Gasteiger partial charge is 0.408 e. The number of methoxy groups -OCH3 is 1. The van der Waals surface area contributed by atoms with Gasteiger partial charge in [0.15, 0.2) is 18.3 Å². The molecule has 0 unspecified atom stereocenters. The van der Waals surface area contributed by atoms with E-state index in [1.165, 1.54) is 0 Å². The molecule has 7 atom stereocenters. The summed E-state index contributed by atoms with van der Waals surface area (Å²) < 4.78 is 37.4. The van der Waals surface area contributed by atoms with Gasteiger partial charge in [-0.1, -0.05) is 13.8 Å². The summed E-state index contributed by atoms with van der Waals surface area (Å²) in [5.41, 5.74) is -2.02. The Labute approximate surface area is 266 Å². The zero-order valence-electron chi connectivity index (χ0n) is 27.2. The molecule has 256 valence electrons. The standard InChI is InChI=1S/C28H44N2O14S/c1-13(2)20(30-27(37)44-28(7,8)9)24(35)29-18(25(36)38-10)12-45-26-23(42-17(6)34)22(41-16(5)33)21(40-15(4)32)19(43-26)11-39-14(3)31/h13,18-23,26H,11-12H2,1-10H3,(H,29,35)(H,30,37)/t18-,19+,20-,21+,22-,23+,26+/m0/s1. The zero-order chi connectivity index (χ0) is 34.6. The topological polar surface area (TPSA) is 208 Å². The van der Waals surface area contributed by atoms with Crippen LogP contribution >= 0.6 is 11.8 Å². The van der Waals surface area contributed by atoms with Gasteiger partial charge in [-0.15, -0.1) is 11.8 Å². The molecule has 2 amide bonds. The molecule has 0 bridgehead atoms. The second-order valence-corrected chi connectivity index (χ2v) is 12.5. The van der Waals surface area contributed by atoms with E-state index in [1.54, 1.807) is 34.6 Å². The average molecular weight is 665 g/mol. The van der Waals surface area contributed by atoms with E-state index >= 15 is 0 Å². The maximum atomic E-state index is 13.2. The molecular weight excluding hydrogens is 620 g/mol. The predicted molar refractivity (Wildman–Crippen MR) is 156 cm³/mol. The molecule has 1 heterocycles. The molecule has 16 nitrogen and oxygen atoms in total. The highest BCUT2D eigenvalue weighted by molar-refractivity contribution is 7.99. The Hall–Kier alpha value is -3.60. The summed E-state index contributed by atoms with van der Waals surface area (Å²) in [6, 6.07) is -2.40. The molecule has 1 aliphatic rings. The van der Waals surface area contributed by atoms with Crippen LogP contribution in [0.2, 0.25) is 0 Å². The number of esters is 5. The lowest BCUT2D eigenvalue weighted by Crippen LogP contribution is -2.62. The molecule has 1 aliphatic heterocycles. The molecular formula is C28H44N2O14S. The van der Waals surface area contributed by atoms with Gasteiger partial charge in [0, 0.05) is 33.4 Å². The lowest BCUT2D eigenvalue weighted by atomic mass is 9.99. The van der Waals surface area contributed by atoms with Crippen molar-refractivity contribution in [2.75, 3.05) is 19.5 Å². The second-order valence-electron chi connectivity index (χ2n) is 11.4. The number of carbonyl (C=O) groups is 7. The Bertz CT molecular complexity index is 1090. The molecule has 17 heteroatoms. The fourth-order valence-corrected chi connectivity index (χ4v) is 5.28. The number of hydrogen-bond acceptors (Lipinski definition) is 15. The molecule has 0 aliphatic carbocycles. The van der Waals surface area contributed by atoms with Crippen LogP contribution in [-0.2, 0) is 61.9 Å². The van der Waals surface area contributed by atoms with Gasteiger partial charge in [0.05, 0.1) is 7.11 Å².